The SMILES string of the molecule is COC(=O)[C@@]12C[C@@H](CC(=O)NCc3cccc4ccccc34)C(=O)N(Cc3ccccc3)C1=CCC(C)(C)C2. The second-order valence-electron chi connectivity index (χ2n) is 11.6. The Morgan fingerprint density at radius 2 is 1.72 bits per heavy atom. The molecule has 0 bridgehead atoms. The number of likely N-dealkylation sites (tertiary alicyclic amines) is 1. The van der Waals surface area contributed by atoms with E-state index in [1.54, 1.807) is 4.90 Å². The van der Waals surface area contributed by atoms with Crippen LogP contribution >= 0.6 is 0 Å². The van der Waals surface area contributed by atoms with Crippen molar-refractivity contribution in [1.82, 2.24) is 10.2 Å². The summed E-state index contributed by atoms with van der Waals surface area (Å²) in [6.07, 6.45) is 3.64. The van der Waals surface area contributed by atoms with Crippen LogP contribution in [0.5, 0.6) is 0 Å². The summed E-state index contributed by atoms with van der Waals surface area (Å²) < 4.78 is 5.36. The fraction of sp³-hybridized carbons (Fsp3) is 0.364. The van der Waals surface area contributed by atoms with Gasteiger partial charge in [0.1, 0.15) is 5.41 Å². The summed E-state index contributed by atoms with van der Waals surface area (Å²) >= 11 is 0. The van der Waals surface area contributed by atoms with Crippen molar-refractivity contribution in [2.24, 2.45) is 16.7 Å². The fourth-order valence-corrected chi connectivity index (χ4v) is 6.42. The van der Waals surface area contributed by atoms with Gasteiger partial charge in [0.25, 0.3) is 0 Å². The van der Waals surface area contributed by atoms with Gasteiger partial charge in [0.2, 0.25) is 11.8 Å². The monoisotopic (exact) mass is 524 g/mol. The Bertz CT molecular complexity index is 1420. The van der Waals surface area contributed by atoms with E-state index in [0.717, 1.165) is 34.0 Å². The van der Waals surface area contributed by atoms with E-state index in [2.05, 4.69) is 19.2 Å². The molecule has 5 rings (SSSR count). The van der Waals surface area contributed by atoms with Gasteiger partial charge in [0.15, 0.2) is 0 Å². The van der Waals surface area contributed by atoms with E-state index >= 15 is 0 Å². The molecule has 2 atom stereocenters. The zero-order valence-electron chi connectivity index (χ0n) is 22.9. The Morgan fingerprint density at radius 1 is 1.00 bits per heavy atom. The second kappa shape index (κ2) is 10.7. The van der Waals surface area contributed by atoms with E-state index in [0.29, 0.717) is 19.5 Å². The molecule has 3 aromatic rings. The van der Waals surface area contributed by atoms with Crippen molar-refractivity contribution in [2.45, 2.75) is 52.6 Å². The zero-order valence-corrected chi connectivity index (χ0v) is 22.9. The van der Waals surface area contributed by atoms with E-state index in [1.165, 1.54) is 7.11 Å². The summed E-state index contributed by atoms with van der Waals surface area (Å²) in [5, 5.41) is 5.23. The number of hydrogen-bond donors (Lipinski definition) is 1. The number of amides is 2. The number of carbonyl (C=O) groups excluding carboxylic acids is 3. The van der Waals surface area contributed by atoms with Gasteiger partial charge in [0, 0.05) is 24.6 Å². The molecule has 0 aromatic heterocycles. The Labute approximate surface area is 230 Å². The van der Waals surface area contributed by atoms with E-state index in [-0.39, 0.29) is 36.0 Å². The molecule has 2 aliphatic rings. The summed E-state index contributed by atoms with van der Waals surface area (Å²) in [6, 6.07) is 23.9. The van der Waals surface area contributed by atoms with Crippen molar-refractivity contribution < 1.29 is 19.1 Å². The molecular weight excluding hydrogens is 488 g/mol. The maximum Gasteiger partial charge on any atom is 0.317 e. The maximum absolute atomic E-state index is 13.9. The minimum absolute atomic E-state index is 0.0152. The predicted octanol–water partition coefficient (Wildman–Crippen LogP) is 5.76. The van der Waals surface area contributed by atoms with Crippen LogP contribution < -0.4 is 5.32 Å². The van der Waals surface area contributed by atoms with Crippen LogP contribution in [0.4, 0.5) is 0 Å². The molecule has 2 amide bonds. The van der Waals surface area contributed by atoms with Crippen molar-refractivity contribution >= 4 is 28.6 Å². The summed E-state index contributed by atoms with van der Waals surface area (Å²) in [4.78, 5) is 42.4. The van der Waals surface area contributed by atoms with Crippen molar-refractivity contribution in [3.8, 4) is 0 Å². The second-order valence-corrected chi connectivity index (χ2v) is 11.6. The molecule has 6 heteroatoms. The van der Waals surface area contributed by atoms with Gasteiger partial charge in [-0.3, -0.25) is 14.4 Å². The van der Waals surface area contributed by atoms with E-state index in [9.17, 15) is 14.4 Å². The molecule has 39 heavy (non-hydrogen) atoms. The van der Waals surface area contributed by atoms with Gasteiger partial charge in [-0.2, -0.15) is 0 Å². The Hall–Kier alpha value is -3.93. The number of rotatable bonds is 7. The van der Waals surface area contributed by atoms with Crippen LogP contribution in [0.15, 0.2) is 84.6 Å². The van der Waals surface area contributed by atoms with Crippen molar-refractivity contribution in [2.75, 3.05) is 7.11 Å². The molecule has 6 nitrogen and oxygen atoms in total. The third-order valence-corrected chi connectivity index (χ3v) is 8.17. The van der Waals surface area contributed by atoms with E-state index < -0.39 is 11.3 Å². The molecule has 1 aliphatic heterocycles. The third kappa shape index (κ3) is 5.33. The van der Waals surface area contributed by atoms with Gasteiger partial charge in [-0.25, -0.2) is 0 Å². The van der Waals surface area contributed by atoms with Gasteiger partial charge in [-0.15, -0.1) is 0 Å². The summed E-state index contributed by atoms with van der Waals surface area (Å²) in [6.45, 7) is 4.98. The molecule has 0 radical (unpaired) electrons. The lowest BCUT2D eigenvalue weighted by Crippen LogP contribution is -2.55. The van der Waals surface area contributed by atoms with Crippen molar-refractivity contribution in [3.63, 3.8) is 0 Å². The highest BCUT2D eigenvalue weighted by atomic mass is 16.5. The van der Waals surface area contributed by atoms with Crippen molar-refractivity contribution in [1.29, 1.82) is 0 Å². The first-order chi connectivity index (χ1) is 18.7. The minimum Gasteiger partial charge on any atom is -0.468 e. The number of esters is 1. The lowest BCUT2D eigenvalue weighted by atomic mass is 9.59. The molecular formula is C33H36N2O4. The molecule has 3 aromatic carbocycles. The van der Waals surface area contributed by atoms with Gasteiger partial charge in [-0.05, 0) is 46.6 Å². The van der Waals surface area contributed by atoms with Crippen LogP contribution in [0.2, 0.25) is 0 Å². The number of fused-ring (bicyclic) bond motifs is 2. The Kier molecular flexibility index (Phi) is 7.30. The zero-order chi connectivity index (χ0) is 27.6. The first-order valence-electron chi connectivity index (χ1n) is 13.6. The number of nitrogens with zero attached hydrogens (tertiary/aromatic N) is 1. The maximum atomic E-state index is 13.9. The normalized spacial score (nSPS) is 22.1. The number of hydrogen-bond acceptors (Lipinski definition) is 4. The van der Waals surface area contributed by atoms with Gasteiger partial charge in [0.05, 0.1) is 13.7 Å². The first kappa shape index (κ1) is 26.7. The number of ether oxygens (including phenoxy) is 1. The quantitative estimate of drug-likeness (QED) is 0.399. The molecule has 1 heterocycles. The van der Waals surface area contributed by atoms with Gasteiger partial charge in [-0.1, -0.05) is 92.7 Å². The van der Waals surface area contributed by atoms with Gasteiger partial charge < -0.3 is 15.0 Å². The van der Waals surface area contributed by atoms with Crippen LogP contribution in [-0.2, 0) is 32.2 Å². The highest BCUT2D eigenvalue weighted by Gasteiger charge is 2.57. The number of piperidine rings is 1. The lowest BCUT2D eigenvalue weighted by Gasteiger charge is -2.51. The predicted molar refractivity (Wildman–Crippen MR) is 151 cm³/mol. The number of benzene rings is 3. The van der Waals surface area contributed by atoms with Crippen LogP contribution in [0.25, 0.3) is 10.8 Å². The van der Waals surface area contributed by atoms with Crippen LogP contribution in [0.1, 0.15) is 50.7 Å². The van der Waals surface area contributed by atoms with E-state index in [1.807, 2.05) is 78.9 Å². The number of allylic oxidation sites excluding steroid dienone is 1. The van der Waals surface area contributed by atoms with Crippen LogP contribution in [0, 0.1) is 16.7 Å². The van der Waals surface area contributed by atoms with E-state index in [4.69, 9.17) is 4.74 Å². The standard InChI is InChI=1S/C33H36N2O4/c1-32(2)17-16-28-33(22-32,31(38)39-3)19-26(30(37)35(28)21-23-10-5-4-6-11-23)18-29(36)34-20-25-14-9-13-24-12-7-8-15-27(24)25/h4-16,26H,17-22H2,1-3H3,(H,34,36)/t26-,33-/m1/s1. The fourth-order valence-electron chi connectivity index (χ4n) is 6.42. The smallest absolute Gasteiger partial charge is 0.317 e. The van der Waals surface area contributed by atoms with Crippen molar-refractivity contribution in [3.05, 3.63) is 95.7 Å². The molecule has 1 N–H and O–H groups in total. The number of methoxy groups -OCH3 is 1. The largest absolute Gasteiger partial charge is 0.468 e. The first-order valence-corrected chi connectivity index (χ1v) is 13.6. The molecule has 1 fully saturated rings. The van der Waals surface area contributed by atoms with Gasteiger partial charge >= 0.3 is 5.97 Å². The highest BCUT2D eigenvalue weighted by molar-refractivity contribution is 5.92. The number of nitrogens with one attached hydrogen (secondary N) is 1. The molecule has 0 saturated carbocycles. The molecule has 202 valence electrons. The minimum atomic E-state index is -0.972. The summed E-state index contributed by atoms with van der Waals surface area (Å²) in [5.41, 5.74) is 1.59. The Morgan fingerprint density at radius 3 is 2.49 bits per heavy atom. The molecule has 0 unspecified atom stereocenters. The topological polar surface area (TPSA) is 75.7 Å². The molecule has 1 aliphatic carbocycles. The average Bonchev–Trinajstić information content (AvgIpc) is 2.93. The lowest BCUT2D eigenvalue weighted by molar-refractivity contribution is -0.162. The number of carbonyl (C=O) groups is 3. The van der Waals surface area contributed by atoms with Crippen LogP contribution in [-0.4, -0.2) is 29.8 Å². The highest BCUT2D eigenvalue weighted by Crippen LogP contribution is 2.55. The third-order valence-electron chi connectivity index (χ3n) is 8.17. The van der Waals surface area contributed by atoms with Crippen LogP contribution in [0.3, 0.4) is 0 Å². The molecule has 1 saturated heterocycles. The summed E-state index contributed by atoms with van der Waals surface area (Å²) in [5.74, 6) is -1.30. The Balaban J connectivity index is 1.42. The molecule has 0 spiro atoms. The summed E-state index contributed by atoms with van der Waals surface area (Å²) in [7, 11) is 1.40. The average molecular weight is 525 g/mol.